The number of ether oxygens (including phenoxy) is 1. The van der Waals surface area contributed by atoms with Crippen LogP contribution in [0.3, 0.4) is 0 Å². The van der Waals surface area contributed by atoms with Crippen molar-refractivity contribution in [2.45, 2.75) is 44.7 Å². The summed E-state index contributed by atoms with van der Waals surface area (Å²) in [6, 6.07) is 0. The van der Waals surface area contributed by atoms with Crippen LogP contribution in [0.1, 0.15) is 39.0 Å². The van der Waals surface area contributed by atoms with Crippen LogP contribution in [-0.4, -0.2) is 18.0 Å². The third-order valence-corrected chi connectivity index (χ3v) is 3.57. The second-order valence-corrected chi connectivity index (χ2v) is 4.71. The summed E-state index contributed by atoms with van der Waals surface area (Å²) in [6.45, 7) is 2.39. The van der Waals surface area contributed by atoms with Crippen molar-refractivity contribution in [2.75, 3.05) is 6.61 Å². The number of hydrogen-bond donors (Lipinski definition) is 0. The van der Waals surface area contributed by atoms with Crippen LogP contribution in [0.2, 0.25) is 0 Å². The van der Waals surface area contributed by atoms with Crippen LogP contribution in [0, 0.1) is 0 Å². The zero-order chi connectivity index (χ0) is 8.81. The van der Waals surface area contributed by atoms with Gasteiger partial charge in [-0.2, -0.15) is 0 Å². The maximum absolute atomic E-state index is 11.1. The van der Waals surface area contributed by atoms with Crippen molar-refractivity contribution in [2.24, 2.45) is 0 Å². The van der Waals surface area contributed by atoms with Crippen LogP contribution in [0.5, 0.6) is 0 Å². The zero-order valence-electron chi connectivity index (χ0n) is 7.64. The molecule has 70 valence electrons. The van der Waals surface area contributed by atoms with Crippen LogP contribution >= 0.6 is 8.58 Å². The molecular formula is C9H17O2P. The highest BCUT2D eigenvalue weighted by molar-refractivity contribution is 7.57. The molecule has 1 aliphatic rings. The predicted octanol–water partition coefficient (Wildman–Crippen LogP) is 3.15. The summed E-state index contributed by atoms with van der Waals surface area (Å²) in [5.74, 6) is 0. The number of carbonyl (C=O) groups excluding carboxylic acids is 1. The molecule has 0 aromatic heterocycles. The maximum Gasteiger partial charge on any atom is 0.323 e. The lowest BCUT2D eigenvalue weighted by atomic mass is 10.0. The fraction of sp³-hybridized carbons (Fsp3) is 0.889. The topological polar surface area (TPSA) is 26.3 Å². The van der Waals surface area contributed by atoms with E-state index in [1.807, 2.05) is 6.92 Å². The quantitative estimate of drug-likeness (QED) is 0.636. The first-order valence-electron chi connectivity index (χ1n) is 4.76. The first-order valence-corrected chi connectivity index (χ1v) is 5.84. The van der Waals surface area contributed by atoms with Crippen molar-refractivity contribution in [1.82, 2.24) is 0 Å². The van der Waals surface area contributed by atoms with Gasteiger partial charge in [0.1, 0.15) is 0 Å². The van der Waals surface area contributed by atoms with Crippen molar-refractivity contribution < 1.29 is 9.53 Å². The van der Waals surface area contributed by atoms with Gasteiger partial charge in [0.25, 0.3) is 0 Å². The van der Waals surface area contributed by atoms with Gasteiger partial charge in [0.2, 0.25) is 0 Å². The van der Waals surface area contributed by atoms with Crippen LogP contribution < -0.4 is 0 Å². The van der Waals surface area contributed by atoms with E-state index < -0.39 is 0 Å². The molecule has 0 N–H and O–H groups in total. The van der Waals surface area contributed by atoms with Crippen molar-refractivity contribution in [1.29, 1.82) is 0 Å². The molecule has 0 spiro atoms. The molecule has 1 saturated carbocycles. The molecule has 0 amide bonds. The summed E-state index contributed by atoms with van der Waals surface area (Å²) < 4.78 is 4.92. The molecule has 0 saturated heterocycles. The average Bonchev–Trinajstić information content (AvgIpc) is 2.06. The third-order valence-electron chi connectivity index (χ3n) is 2.20. The van der Waals surface area contributed by atoms with Gasteiger partial charge >= 0.3 is 5.71 Å². The van der Waals surface area contributed by atoms with Crippen LogP contribution in [0.25, 0.3) is 0 Å². The normalized spacial score (nSPS) is 20.1. The number of rotatable bonds is 3. The average molecular weight is 188 g/mol. The Morgan fingerprint density at radius 2 is 2.08 bits per heavy atom. The Bertz CT molecular complexity index is 141. The molecule has 1 atom stereocenters. The SMILES string of the molecule is CCOC(=O)PC1CCCCC1. The van der Waals surface area contributed by atoms with Crippen molar-refractivity contribution in [3.05, 3.63) is 0 Å². The van der Waals surface area contributed by atoms with Gasteiger partial charge in [-0.25, -0.2) is 4.79 Å². The van der Waals surface area contributed by atoms with Crippen LogP contribution in [-0.2, 0) is 4.74 Å². The minimum Gasteiger partial charge on any atom is -0.463 e. The Balaban J connectivity index is 2.15. The molecule has 1 fully saturated rings. The second kappa shape index (κ2) is 5.53. The first kappa shape index (κ1) is 9.98. The first-order chi connectivity index (χ1) is 5.83. The van der Waals surface area contributed by atoms with Crippen molar-refractivity contribution in [3.8, 4) is 0 Å². The zero-order valence-corrected chi connectivity index (χ0v) is 8.64. The second-order valence-electron chi connectivity index (χ2n) is 3.20. The monoisotopic (exact) mass is 188 g/mol. The van der Waals surface area contributed by atoms with Gasteiger partial charge in [-0.1, -0.05) is 19.3 Å². The van der Waals surface area contributed by atoms with Gasteiger partial charge < -0.3 is 4.74 Å². The molecule has 1 rings (SSSR count). The van der Waals surface area contributed by atoms with Gasteiger partial charge in [0.15, 0.2) is 0 Å². The molecule has 1 aliphatic carbocycles. The molecule has 0 radical (unpaired) electrons. The molecule has 0 aromatic rings. The van der Waals surface area contributed by atoms with Crippen molar-refractivity contribution in [3.63, 3.8) is 0 Å². The van der Waals surface area contributed by atoms with E-state index in [0.717, 1.165) is 0 Å². The van der Waals surface area contributed by atoms with E-state index in [-0.39, 0.29) is 5.71 Å². The maximum atomic E-state index is 11.1. The number of hydrogen-bond acceptors (Lipinski definition) is 2. The third kappa shape index (κ3) is 3.53. The highest BCUT2D eigenvalue weighted by Crippen LogP contribution is 2.33. The highest BCUT2D eigenvalue weighted by Gasteiger charge is 2.17. The largest absolute Gasteiger partial charge is 0.463 e. The minimum absolute atomic E-state index is 0.0180. The summed E-state index contributed by atoms with van der Waals surface area (Å²) in [5, 5.41) is 0. The van der Waals surface area contributed by atoms with Gasteiger partial charge in [-0.15, -0.1) is 0 Å². The molecule has 12 heavy (non-hydrogen) atoms. The molecule has 0 bridgehead atoms. The molecular weight excluding hydrogens is 171 g/mol. The van der Waals surface area contributed by atoms with Gasteiger partial charge in [0, 0.05) is 0 Å². The van der Waals surface area contributed by atoms with Gasteiger partial charge in [-0.3, -0.25) is 0 Å². The van der Waals surface area contributed by atoms with Crippen LogP contribution in [0.15, 0.2) is 0 Å². The van der Waals surface area contributed by atoms with E-state index in [1.54, 1.807) is 0 Å². The Hall–Kier alpha value is -0.100. The lowest BCUT2D eigenvalue weighted by Gasteiger charge is -2.19. The lowest BCUT2D eigenvalue weighted by molar-refractivity contribution is 0.180. The molecule has 2 nitrogen and oxygen atoms in total. The molecule has 0 heterocycles. The minimum atomic E-state index is 0.0180. The van der Waals surface area contributed by atoms with Gasteiger partial charge in [-0.05, 0) is 34.0 Å². The summed E-state index contributed by atoms with van der Waals surface area (Å²) in [7, 11) is 0.401. The van der Waals surface area contributed by atoms with E-state index in [2.05, 4.69) is 0 Å². The van der Waals surface area contributed by atoms with E-state index in [1.165, 1.54) is 32.1 Å². The fourth-order valence-electron chi connectivity index (χ4n) is 1.59. The summed E-state index contributed by atoms with van der Waals surface area (Å²) in [5.41, 5.74) is 0.655. The molecule has 1 unspecified atom stereocenters. The molecule has 3 heteroatoms. The Morgan fingerprint density at radius 1 is 1.42 bits per heavy atom. The van der Waals surface area contributed by atoms with E-state index in [9.17, 15) is 4.79 Å². The summed E-state index contributed by atoms with van der Waals surface area (Å²) in [4.78, 5) is 11.1. The Morgan fingerprint density at radius 3 is 2.67 bits per heavy atom. The highest BCUT2D eigenvalue weighted by atomic mass is 31.1. The van der Waals surface area contributed by atoms with Gasteiger partial charge in [0.05, 0.1) is 6.61 Å². The standard InChI is InChI=1S/C9H17O2P/c1-2-11-9(10)12-8-6-4-3-5-7-8/h8,12H,2-7H2,1H3. The summed E-state index contributed by atoms with van der Waals surface area (Å²) in [6.07, 6.45) is 6.42. The van der Waals surface area contributed by atoms with E-state index in [4.69, 9.17) is 4.74 Å². The fourth-order valence-corrected chi connectivity index (χ4v) is 2.84. The van der Waals surface area contributed by atoms with E-state index >= 15 is 0 Å². The predicted molar refractivity (Wildman–Crippen MR) is 52.2 cm³/mol. The molecule has 0 aliphatic heterocycles. The Kier molecular flexibility index (Phi) is 4.60. The Labute approximate surface area is 75.8 Å². The van der Waals surface area contributed by atoms with Crippen molar-refractivity contribution >= 4 is 14.3 Å². The molecule has 0 aromatic carbocycles. The van der Waals surface area contributed by atoms with E-state index in [0.29, 0.717) is 20.8 Å². The number of carbonyl (C=O) groups is 1. The summed E-state index contributed by atoms with van der Waals surface area (Å²) >= 11 is 0. The smallest absolute Gasteiger partial charge is 0.323 e. The van der Waals surface area contributed by atoms with Crippen LogP contribution in [0.4, 0.5) is 4.79 Å². The lowest BCUT2D eigenvalue weighted by Crippen LogP contribution is -2.09.